The SMILES string of the molecule is Cc1cccc(NC(=O)N2CCC3(CC2)SCC(=O)N3c2cccc(C)c2)c1. The first-order valence-corrected chi connectivity index (χ1v) is 10.6. The molecule has 2 aromatic carbocycles. The topological polar surface area (TPSA) is 52.7 Å². The minimum absolute atomic E-state index is 0.0723. The van der Waals surface area contributed by atoms with Gasteiger partial charge in [-0.25, -0.2) is 4.79 Å². The van der Waals surface area contributed by atoms with Crippen LogP contribution in [0, 0.1) is 13.8 Å². The van der Waals surface area contributed by atoms with E-state index in [4.69, 9.17) is 0 Å². The molecule has 28 heavy (non-hydrogen) atoms. The Morgan fingerprint density at radius 1 is 1.04 bits per heavy atom. The molecule has 1 N–H and O–H groups in total. The Hall–Kier alpha value is -2.47. The second-order valence-electron chi connectivity index (χ2n) is 7.59. The highest BCUT2D eigenvalue weighted by Crippen LogP contribution is 2.46. The summed E-state index contributed by atoms with van der Waals surface area (Å²) in [5.41, 5.74) is 4.04. The summed E-state index contributed by atoms with van der Waals surface area (Å²) in [4.78, 5) is 28.9. The highest BCUT2D eigenvalue weighted by Gasteiger charge is 2.49. The molecule has 2 aliphatic heterocycles. The molecule has 5 nitrogen and oxygen atoms in total. The molecule has 3 amide bonds. The molecule has 0 aliphatic carbocycles. The molecule has 2 saturated heterocycles. The Balaban J connectivity index is 1.46. The number of aryl methyl sites for hydroxylation is 2. The molecule has 0 bridgehead atoms. The number of benzene rings is 2. The Kier molecular flexibility index (Phi) is 5.06. The van der Waals surface area contributed by atoms with Crippen LogP contribution in [0.1, 0.15) is 24.0 Å². The van der Waals surface area contributed by atoms with Gasteiger partial charge >= 0.3 is 6.03 Å². The van der Waals surface area contributed by atoms with E-state index in [1.165, 1.54) is 0 Å². The zero-order valence-electron chi connectivity index (χ0n) is 16.3. The number of anilines is 2. The predicted molar refractivity (Wildman–Crippen MR) is 115 cm³/mol. The van der Waals surface area contributed by atoms with Gasteiger partial charge in [-0.2, -0.15) is 0 Å². The molecule has 0 unspecified atom stereocenters. The van der Waals surface area contributed by atoms with Crippen molar-refractivity contribution in [1.29, 1.82) is 0 Å². The van der Waals surface area contributed by atoms with Crippen LogP contribution >= 0.6 is 11.8 Å². The van der Waals surface area contributed by atoms with Gasteiger partial charge in [0.25, 0.3) is 0 Å². The van der Waals surface area contributed by atoms with Crippen LogP contribution in [0.15, 0.2) is 48.5 Å². The summed E-state index contributed by atoms with van der Waals surface area (Å²) in [5, 5.41) is 2.99. The maximum Gasteiger partial charge on any atom is 0.321 e. The van der Waals surface area contributed by atoms with Crippen molar-refractivity contribution in [2.75, 3.05) is 29.1 Å². The van der Waals surface area contributed by atoms with E-state index in [2.05, 4.69) is 11.4 Å². The quantitative estimate of drug-likeness (QED) is 0.820. The van der Waals surface area contributed by atoms with Crippen LogP contribution in [-0.4, -0.2) is 40.6 Å². The predicted octanol–water partition coefficient (Wildman–Crippen LogP) is 4.41. The van der Waals surface area contributed by atoms with Crippen molar-refractivity contribution in [1.82, 2.24) is 4.90 Å². The van der Waals surface area contributed by atoms with Gasteiger partial charge in [-0.1, -0.05) is 24.3 Å². The van der Waals surface area contributed by atoms with Crippen LogP contribution in [0.5, 0.6) is 0 Å². The summed E-state index contributed by atoms with van der Waals surface area (Å²) in [6.07, 6.45) is 1.55. The number of nitrogens with one attached hydrogen (secondary N) is 1. The molecule has 0 radical (unpaired) electrons. The summed E-state index contributed by atoms with van der Waals surface area (Å²) >= 11 is 1.72. The number of piperidine rings is 1. The highest BCUT2D eigenvalue weighted by atomic mass is 32.2. The number of carbonyl (C=O) groups is 2. The van der Waals surface area contributed by atoms with Crippen molar-refractivity contribution < 1.29 is 9.59 Å². The number of hydrogen-bond donors (Lipinski definition) is 1. The van der Waals surface area contributed by atoms with Gasteiger partial charge in [0, 0.05) is 24.5 Å². The second-order valence-corrected chi connectivity index (χ2v) is 8.93. The van der Waals surface area contributed by atoms with Gasteiger partial charge in [-0.05, 0) is 62.1 Å². The smallest absolute Gasteiger partial charge is 0.321 e. The highest BCUT2D eigenvalue weighted by molar-refractivity contribution is 8.02. The van der Waals surface area contributed by atoms with Gasteiger partial charge in [0.15, 0.2) is 0 Å². The molecule has 1 spiro atoms. The third-order valence-corrected chi connectivity index (χ3v) is 7.00. The third kappa shape index (κ3) is 3.61. The Bertz CT molecular complexity index is 906. The maximum atomic E-state index is 12.7. The van der Waals surface area contributed by atoms with Crippen molar-refractivity contribution in [3.05, 3.63) is 59.7 Å². The molecule has 6 heteroatoms. The number of amides is 3. The molecule has 4 rings (SSSR count). The molecule has 0 aromatic heterocycles. The Morgan fingerprint density at radius 3 is 2.39 bits per heavy atom. The Morgan fingerprint density at radius 2 is 1.71 bits per heavy atom. The van der Waals surface area contributed by atoms with E-state index in [0.29, 0.717) is 18.8 Å². The van der Waals surface area contributed by atoms with Crippen molar-refractivity contribution in [3.63, 3.8) is 0 Å². The summed E-state index contributed by atoms with van der Waals surface area (Å²) in [6.45, 7) is 5.33. The van der Waals surface area contributed by atoms with Crippen LogP contribution in [-0.2, 0) is 4.79 Å². The monoisotopic (exact) mass is 395 g/mol. The molecule has 2 fully saturated rings. The van der Waals surface area contributed by atoms with Crippen molar-refractivity contribution in [3.8, 4) is 0 Å². The zero-order valence-corrected chi connectivity index (χ0v) is 17.1. The average molecular weight is 396 g/mol. The number of likely N-dealkylation sites (tertiary alicyclic amines) is 1. The molecular formula is C22H25N3O2S. The molecule has 2 heterocycles. The van der Waals surface area contributed by atoms with Gasteiger partial charge in [0.05, 0.1) is 10.6 Å². The molecule has 0 atom stereocenters. The summed E-state index contributed by atoms with van der Waals surface area (Å²) in [5.74, 6) is 0.664. The fourth-order valence-electron chi connectivity index (χ4n) is 4.05. The zero-order chi connectivity index (χ0) is 19.7. The normalized spacial score (nSPS) is 18.6. The third-order valence-electron chi connectivity index (χ3n) is 5.48. The first-order chi connectivity index (χ1) is 13.5. The fraction of sp³-hybridized carbons (Fsp3) is 0.364. The lowest BCUT2D eigenvalue weighted by atomic mass is 10.0. The van der Waals surface area contributed by atoms with Crippen molar-refractivity contribution >= 4 is 35.1 Å². The van der Waals surface area contributed by atoms with E-state index >= 15 is 0 Å². The van der Waals surface area contributed by atoms with Gasteiger partial charge < -0.3 is 10.2 Å². The van der Waals surface area contributed by atoms with E-state index in [-0.39, 0.29) is 16.8 Å². The summed E-state index contributed by atoms with van der Waals surface area (Å²) in [6, 6.07) is 15.9. The minimum Gasteiger partial charge on any atom is -0.324 e. The first kappa shape index (κ1) is 18.9. The van der Waals surface area contributed by atoms with Crippen LogP contribution in [0.2, 0.25) is 0 Å². The van der Waals surface area contributed by atoms with Crippen molar-refractivity contribution in [2.45, 2.75) is 31.6 Å². The van der Waals surface area contributed by atoms with Crippen LogP contribution in [0.3, 0.4) is 0 Å². The largest absolute Gasteiger partial charge is 0.324 e. The lowest BCUT2D eigenvalue weighted by Crippen LogP contribution is -2.53. The standard InChI is InChI=1S/C22H25N3O2S/c1-16-5-3-7-18(13-16)23-21(27)24-11-9-22(10-12-24)25(20(26)15-28-22)19-8-4-6-17(2)14-19/h3-8,13-14H,9-12,15H2,1-2H3,(H,23,27). The second kappa shape index (κ2) is 7.51. The summed E-state index contributed by atoms with van der Waals surface area (Å²) < 4.78 is 0. The van der Waals surface area contributed by atoms with Gasteiger partial charge in [0.2, 0.25) is 5.91 Å². The molecule has 2 aromatic rings. The average Bonchev–Trinajstić information content (AvgIpc) is 2.98. The van der Waals surface area contributed by atoms with E-state index in [1.807, 2.05) is 66.1 Å². The lowest BCUT2D eigenvalue weighted by Gasteiger charge is -2.44. The molecular weight excluding hydrogens is 370 g/mol. The number of carbonyl (C=O) groups excluding carboxylic acids is 2. The van der Waals surface area contributed by atoms with E-state index in [9.17, 15) is 9.59 Å². The first-order valence-electron chi connectivity index (χ1n) is 9.63. The van der Waals surface area contributed by atoms with E-state index in [1.54, 1.807) is 11.8 Å². The Labute approximate surface area is 170 Å². The van der Waals surface area contributed by atoms with E-state index in [0.717, 1.165) is 35.3 Å². The van der Waals surface area contributed by atoms with Gasteiger partial charge in [0.1, 0.15) is 0 Å². The fourth-order valence-corrected chi connectivity index (χ4v) is 5.38. The number of hydrogen-bond acceptors (Lipinski definition) is 3. The number of urea groups is 1. The van der Waals surface area contributed by atoms with Crippen LogP contribution in [0.4, 0.5) is 16.2 Å². The summed E-state index contributed by atoms with van der Waals surface area (Å²) in [7, 11) is 0. The van der Waals surface area contributed by atoms with Crippen LogP contribution < -0.4 is 10.2 Å². The van der Waals surface area contributed by atoms with Gasteiger partial charge in [-0.15, -0.1) is 11.8 Å². The lowest BCUT2D eigenvalue weighted by molar-refractivity contribution is -0.116. The number of thioether (sulfide) groups is 1. The molecule has 146 valence electrons. The number of nitrogens with zero attached hydrogens (tertiary/aromatic N) is 2. The minimum atomic E-state index is -0.245. The molecule has 0 saturated carbocycles. The van der Waals surface area contributed by atoms with Crippen LogP contribution in [0.25, 0.3) is 0 Å². The van der Waals surface area contributed by atoms with Gasteiger partial charge in [-0.3, -0.25) is 9.69 Å². The van der Waals surface area contributed by atoms with Crippen molar-refractivity contribution in [2.24, 2.45) is 0 Å². The maximum absolute atomic E-state index is 12.7. The molecule has 2 aliphatic rings. The van der Waals surface area contributed by atoms with E-state index < -0.39 is 0 Å². The number of rotatable bonds is 2.